The first-order valence-corrected chi connectivity index (χ1v) is 3.55. The predicted molar refractivity (Wildman–Crippen MR) is 45.1 cm³/mol. The maximum Gasteiger partial charge on any atom is 0.322 e. The number of carbonyl (C=O) groups is 1. The van der Waals surface area contributed by atoms with Crippen molar-refractivity contribution in [3.8, 4) is 6.07 Å². The number of hydrogen-bond donors (Lipinski definition) is 2. The highest BCUT2D eigenvalue weighted by Gasteiger charge is 2.02. The Labute approximate surface area is 74.6 Å². The fourth-order valence-electron chi connectivity index (χ4n) is 0.796. The molecule has 1 rings (SSSR count). The summed E-state index contributed by atoms with van der Waals surface area (Å²) in [5.74, 6) is -0.693. The second-order valence-corrected chi connectivity index (χ2v) is 2.26. The number of nitriles is 1. The SMILES string of the molecule is N#Cc1cccnc1NCC(=O)O. The number of carboxylic acid groups (broad SMARTS) is 1. The minimum Gasteiger partial charge on any atom is -0.480 e. The Bertz CT molecular complexity index is 357. The molecule has 0 aliphatic rings. The van der Waals surface area contributed by atoms with Gasteiger partial charge in [-0.15, -0.1) is 0 Å². The Morgan fingerprint density at radius 3 is 3.15 bits per heavy atom. The van der Waals surface area contributed by atoms with Crippen LogP contribution in [0.4, 0.5) is 5.82 Å². The highest BCUT2D eigenvalue weighted by Crippen LogP contribution is 2.08. The van der Waals surface area contributed by atoms with Gasteiger partial charge in [-0.05, 0) is 12.1 Å². The van der Waals surface area contributed by atoms with Gasteiger partial charge in [-0.3, -0.25) is 4.79 Å². The normalized spacial score (nSPS) is 8.85. The lowest BCUT2D eigenvalue weighted by Gasteiger charge is -2.02. The largest absolute Gasteiger partial charge is 0.480 e. The molecule has 0 spiro atoms. The molecule has 0 unspecified atom stereocenters. The van der Waals surface area contributed by atoms with Crippen LogP contribution in [0, 0.1) is 11.3 Å². The maximum absolute atomic E-state index is 10.2. The van der Waals surface area contributed by atoms with Gasteiger partial charge in [0.25, 0.3) is 0 Å². The summed E-state index contributed by atoms with van der Waals surface area (Å²) in [5.41, 5.74) is 0.337. The van der Waals surface area contributed by atoms with Gasteiger partial charge >= 0.3 is 5.97 Å². The summed E-state index contributed by atoms with van der Waals surface area (Å²) in [6, 6.07) is 5.08. The molecule has 1 aromatic heterocycles. The van der Waals surface area contributed by atoms with E-state index in [0.717, 1.165) is 0 Å². The van der Waals surface area contributed by atoms with Gasteiger partial charge in [-0.2, -0.15) is 5.26 Å². The van der Waals surface area contributed by atoms with Crippen LogP contribution < -0.4 is 5.32 Å². The average Bonchev–Trinajstić information content (AvgIpc) is 2.15. The lowest BCUT2D eigenvalue weighted by molar-refractivity contribution is -0.134. The Morgan fingerprint density at radius 1 is 1.77 bits per heavy atom. The third kappa shape index (κ3) is 2.45. The van der Waals surface area contributed by atoms with Crippen LogP contribution >= 0.6 is 0 Å². The molecule has 0 aliphatic carbocycles. The van der Waals surface area contributed by atoms with E-state index >= 15 is 0 Å². The molecule has 0 bridgehead atoms. The van der Waals surface area contributed by atoms with Crippen molar-refractivity contribution in [1.29, 1.82) is 5.26 Å². The van der Waals surface area contributed by atoms with E-state index in [1.807, 2.05) is 6.07 Å². The van der Waals surface area contributed by atoms with Crippen LogP contribution in [-0.4, -0.2) is 22.6 Å². The molecule has 0 amide bonds. The standard InChI is InChI=1S/C8H7N3O2/c9-4-6-2-1-3-10-8(6)11-5-7(12)13/h1-3H,5H2,(H,10,11)(H,12,13). The summed E-state index contributed by atoms with van der Waals surface area (Å²) in [7, 11) is 0. The van der Waals surface area contributed by atoms with E-state index in [4.69, 9.17) is 10.4 Å². The molecule has 0 saturated carbocycles. The number of pyridine rings is 1. The van der Waals surface area contributed by atoms with Crippen LogP contribution in [-0.2, 0) is 4.79 Å². The van der Waals surface area contributed by atoms with Crippen molar-refractivity contribution >= 4 is 11.8 Å². The maximum atomic E-state index is 10.2. The van der Waals surface area contributed by atoms with Crippen molar-refractivity contribution in [2.24, 2.45) is 0 Å². The van der Waals surface area contributed by atoms with E-state index in [-0.39, 0.29) is 6.54 Å². The van der Waals surface area contributed by atoms with Gasteiger partial charge in [-0.25, -0.2) is 4.98 Å². The number of aromatic nitrogens is 1. The number of hydrogen-bond acceptors (Lipinski definition) is 4. The molecule has 1 heterocycles. The van der Waals surface area contributed by atoms with Gasteiger partial charge in [-0.1, -0.05) is 0 Å². The molecule has 2 N–H and O–H groups in total. The van der Waals surface area contributed by atoms with Crippen molar-refractivity contribution in [3.05, 3.63) is 23.9 Å². The molecule has 0 aromatic carbocycles. The summed E-state index contributed by atoms with van der Waals surface area (Å²) < 4.78 is 0. The van der Waals surface area contributed by atoms with Gasteiger partial charge in [0.15, 0.2) is 0 Å². The first-order chi connectivity index (χ1) is 6.24. The van der Waals surface area contributed by atoms with E-state index in [1.165, 1.54) is 6.20 Å². The molecule has 0 fully saturated rings. The van der Waals surface area contributed by atoms with Crippen LogP contribution in [0.15, 0.2) is 18.3 Å². The van der Waals surface area contributed by atoms with Gasteiger partial charge in [0.2, 0.25) is 0 Å². The molecule has 0 saturated heterocycles. The minimum absolute atomic E-state index is 0.244. The summed E-state index contributed by atoms with van der Waals surface area (Å²) in [6.07, 6.45) is 1.49. The molecule has 0 radical (unpaired) electrons. The molecule has 0 aliphatic heterocycles. The fourth-order valence-corrected chi connectivity index (χ4v) is 0.796. The lowest BCUT2D eigenvalue weighted by Crippen LogP contribution is -2.13. The quantitative estimate of drug-likeness (QED) is 0.700. The zero-order chi connectivity index (χ0) is 9.68. The third-order valence-corrected chi connectivity index (χ3v) is 1.34. The van der Waals surface area contributed by atoms with Gasteiger partial charge in [0.1, 0.15) is 18.4 Å². The zero-order valence-electron chi connectivity index (χ0n) is 6.69. The Kier molecular flexibility index (Phi) is 2.82. The number of nitrogens with one attached hydrogen (secondary N) is 1. The van der Waals surface area contributed by atoms with Crippen LogP contribution in [0.3, 0.4) is 0 Å². The van der Waals surface area contributed by atoms with Gasteiger partial charge in [0, 0.05) is 6.20 Å². The second-order valence-electron chi connectivity index (χ2n) is 2.26. The summed E-state index contributed by atoms with van der Waals surface area (Å²) in [4.78, 5) is 14.0. The Morgan fingerprint density at radius 2 is 2.54 bits per heavy atom. The van der Waals surface area contributed by atoms with E-state index in [2.05, 4.69) is 10.3 Å². The zero-order valence-corrected chi connectivity index (χ0v) is 6.69. The minimum atomic E-state index is -0.991. The number of carboxylic acids is 1. The number of rotatable bonds is 3. The van der Waals surface area contributed by atoms with Crippen molar-refractivity contribution in [2.75, 3.05) is 11.9 Å². The number of nitrogens with zero attached hydrogens (tertiary/aromatic N) is 2. The van der Waals surface area contributed by atoms with Gasteiger partial charge in [0.05, 0.1) is 5.56 Å². The molecule has 13 heavy (non-hydrogen) atoms. The molecular weight excluding hydrogens is 170 g/mol. The fraction of sp³-hybridized carbons (Fsp3) is 0.125. The van der Waals surface area contributed by atoms with E-state index in [0.29, 0.717) is 11.4 Å². The topological polar surface area (TPSA) is 86.0 Å². The van der Waals surface area contributed by atoms with Crippen LogP contribution in [0.2, 0.25) is 0 Å². The van der Waals surface area contributed by atoms with Crippen molar-refractivity contribution in [3.63, 3.8) is 0 Å². The molecule has 1 aromatic rings. The van der Waals surface area contributed by atoms with Crippen molar-refractivity contribution < 1.29 is 9.90 Å². The van der Waals surface area contributed by atoms with E-state index in [1.54, 1.807) is 12.1 Å². The highest BCUT2D eigenvalue weighted by molar-refractivity contribution is 5.73. The van der Waals surface area contributed by atoms with E-state index < -0.39 is 5.97 Å². The Hall–Kier alpha value is -2.09. The average molecular weight is 177 g/mol. The van der Waals surface area contributed by atoms with E-state index in [9.17, 15) is 4.79 Å². The van der Waals surface area contributed by atoms with Crippen LogP contribution in [0.1, 0.15) is 5.56 Å². The third-order valence-electron chi connectivity index (χ3n) is 1.34. The number of anilines is 1. The second kappa shape index (κ2) is 4.07. The molecule has 66 valence electrons. The molecule has 5 nitrogen and oxygen atoms in total. The first-order valence-electron chi connectivity index (χ1n) is 3.55. The van der Waals surface area contributed by atoms with Crippen molar-refractivity contribution in [2.45, 2.75) is 0 Å². The first kappa shape index (κ1) is 9.00. The van der Waals surface area contributed by atoms with Crippen LogP contribution in [0.25, 0.3) is 0 Å². The molecule has 5 heteroatoms. The smallest absolute Gasteiger partial charge is 0.322 e. The predicted octanol–water partition coefficient (Wildman–Crippen LogP) is 0.450. The van der Waals surface area contributed by atoms with Gasteiger partial charge < -0.3 is 10.4 Å². The summed E-state index contributed by atoms with van der Waals surface area (Å²) >= 11 is 0. The molecule has 0 atom stereocenters. The van der Waals surface area contributed by atoms with Crippen molar-refractivity contribution in [1.82, 2.24) is 4.98 Å². The highest BCUT2D eigenvalue weighted by atomic mass is 16.4. The molecular formula is C8H7N3O2. The monoisotopic (exact) mass is 177 g/mol. The summed E-state index contributed by atoms with van der Waals surface area (Å²) in [6.45, 7) is -0.244. The summed E-state index contributed by atoms with van der Waals surface area (Å²) in [5, 5.41) is 19.5. The number of aliphatic carboxylic acids is 1. The van der Waals surface area contributed by atoms with Crippen LogP contribution in [0.5, 0.6) is 0 Å². The lowest BCUT2D eigenvalue weighted by atomic mass is 10.3. The Balaban J connectivity index is 2.77.